The molecule has 0 amide bonds. The van der Waals surface area contributed by atoms with E-state index in [1.807, 2.05) is 19.9 Å². The number of hydrogen-bond donors (Lipinski definition) is 3. The minimum atomic E-state index is -0.619. The lowest BCUT2D eigenvalue weighted by Crippen LogP contribution is -2.21. The van der Waals surface area contributed by atoms with Gasteiger partial charge in [-0.15, -0.1) is 0 Å². The van der Waals surface area contributed by atoms with Crippen LogP contribution in [-0.4, -0.2) is 28.2 Å². The molecule has 0 radical (unpaired) electrons. The quantitative estimate of drug-likeness (QED) is 0.703. The standard InChI is InChI=1S/C21H22O6/c1-11(2)4-6-13-15(23)9-16(24)20-17(25)10-18(27-21(13)20)12-5-7-14(22)19(8-12)26-3/h4-5,7-9,18,22-24H,6,10H2,1-3H3. The molecule has 142 valence electrons. The average molecular weight is 370 g/mol. The Kier molecular flexibility index (Phi) is 4.99. The molecule has 2 aromatic rings. The zero-order chi connectivity index (χ0) is 19.7. The monoisotopic (exact) mass is 370 g/mol. The summed E-state index contributed by atoms with van der Waals surface area (Å²) in [6, 6.07) is 5.91. The largest absolute Gasteiger partial charge is 0.507 e. The van der Waals surface area contributed by atoms with E-state index in [0.29, 0.717) is 17.5 Å². The predicted octanol–water partition coefficient (Wildman–Crippen LogP) is 4.03. The van der Waals surface area contributed by atoms with Gasteiger partial charge in [0.15, 0.2) is 17.3 Å². The Morgan fingerprint density at radius 1 is 1.19 bits per heavy atom. The van der Waals surface area contributed by atoms with E-state index in [0.717, 1.165) is 5.57 Å². The second-order valence-corrected chi connectivity index (χ2v) is 6.75. The molecule has 6 nitrogen and oxygen atoms in total. The summed E-state index contributed by atoms with van der Waals surface area (Å²) in [4.78, 5) is 12.7. The van der Waals surface area contributed by atoms with Gasteiger partial charge >= 0.3 is 0 Å². The number of allylic oxidation sites excluding steroid dienone is 2. The third-order valence-corrected chi connectivity index (χ3v) is 4.54. The molecule has 27 heavy (non-hydrogen) atoms. The number of Topliss-reactive ketones (excluding diaryl/α,β-unsaturated/α-hetero) is 1. The van der Waals surface area contributed by atoms with E-state index in [1.165, 1.54) is 19.2 Å². The van der Waals surface area contributed by atoms with Crippen LogP contribution in [0.1, 0.15) is 47.9 Å². The van der Waals surface area contributed by atoms with Gasteiger partial charge in [0.05, 0.1) is 13.5 Å². The van der Waals surface area contributed by atoms with E-state index in [-0.39, 0.29) is 46.5 Å². The molecule has 3 N–H and O–H groups in total. The highest BCUT2D eigenvalue weighted by Gasteiger charge is 2.33. The highest BCUT2D eigenvalue weighted by atomic mass is 16.5. The van der Waals surface area contributed by atoms with Gasteiger partial charge in [-0.1, -0.05) is 17.7 Å². The molecule has 1 heterocycles. The summed E-state index contributed by atoms with van der Waals surface area (Å²) < 4.78 is 11.2. The Bertz CT molecular complexity index is 925. The van der Waals surface area contributed by atoms with Gasteiger partial charge in [-0.3, -0.25) is 4.79 Å². The summed E-state index contributed by atoms with van der Waals surface area (Å²) in [5, 5.41) is 30.2. The fourth-order valence-corrected chi connectivity index (χ4v) is 3.11. The number of fused-ring (bicyclic) bond motifs is 1. The molecule has 0 bridgehead atoms. The van der Waals surface area contributed by atoms with Crippen LogP contribution < -0.4 is 9.47 Å². The maximum absolute atomic E-state index is 12.7. The number of carbonyl (C=O) groups excluding carboxylic acids is 1. The van der Waals surface area contributed by atoms with Crippen molar-refractivity contribution in [1.29, 1.82) is 0 Å². The molecule has 0 aliphatic carbocycles. The van der Waals surface area contributed by atoms with Crippen LogP contribution in [0.5, 0.6) is 28.7 Å². The Labute approximate surface area is 157 Å². The molecule has 0 fully saturated rings. The minimum absolute atomic E-state index is 0.0108. The molecule has 0 saturated heterocycles. The topological polar surface area (TPSA) is 96.2 Å². The van der Waals surface area contributed by atoms with E-state index >= 15 is 0 Å². The molecule has 6 heteroatoms. The fourth-order valence-electron chi connectivity index (χ4n) is 3.11. The normalized spacial score (nSPS) is 15.7. The van der Waals surface area contributed by atoms with E-state index in [9.17, 15) is 20.1 Å². The van der Waals surface area contributed by atoms with Gasteiger partial charge in [0, 0.05) is 11.6 Å². The highest BCUT2D eigenvalue weighted by Crippen LogP contribution is 2.46. The third-order valence-electron chi connectivity index (χ3n) is 4.54. The molecule has 2 aromatic carbocycles. The number of phenolic OH excluding ortho intramolecular Hbond substituents is 3. The Balaban J connectivity index is 2.07. The zero-order valence-electron chi connectivity index (χ0n) is 15.4. The van der Waals surface area contributed by atoms with E-state index < -0.39 is 6.10 Å². The first kappa shape index (κ1) is 18.6. The van der Waals surface area contributed by atoms with Crippen molar-refractivity contribution in [2.45, 2.75) is 32.8 Å². The van der Waals surface area contributed by atoms with E-state index in [4.69, 9.17) is 9.47 Å². The maximum Gasteiger partial charge on any atom is 0.174 e. The Morgan fingerprint density at radius 3 is 2.59 bits per heavy atom. The Morgan fingerprint density at radius 2 is 1.93 bits per heavy atom. The van der Waals surface area contributed by atoms with Crippen molar-refractivity contribution in [2.24, 2.45) is 0 Å². The summed E-state index contributed by atoms with van der Waals surface area (Å²) in [6.07, 6.45) is 1.69. The van der Waals surface area contributed by atoms with Crippen molar-refractivity contribution in [3.05, 3.63) is 52.6 Å². The lowest BCUT2D eigenvalue weighted by molar-refractivity contribution is 0.0842. The first-order chi connectivity index (χ1) is 12.8. The van der Waals surface area contributed by atoms with Gasteiger partial charge in [-0.2, -0.15) is 0 Å². The first-order valence-corrected chi connectivity index (χ1v) is 8.59. The van der Waals surface area contributed by atoms with Gasteiger partial charge in [-0.25, -0.2) is 0 Å². The van der Waals surface area contributed by atoms with Crippen molar-refractivity contribution in [3.8, 4) is 28.7 Å². The number of hydrogen-bond acceptors (Lipinski definition) is 6. The fraction of sp³-hybridized carbons (Fsp3) is 0.286. The molecular weight excluding hydrogens is 348 g/mol. The van der Waals surface area contributed by atoms with Crippen molar-refractivity contribution < 1.29 is 29.6 Å². The van der Waals surface area contributed by atoms with E-state index in [2.05, 4.69) is 0 Å². The number of ketones is 1. The molecular formula is C21H22O6. The number of phenols is 3. The predicted molar refractivity (Wildman–Crippen MR) is 99.9 cm³/mol. The van der Waals surface area contributed by atoms with Crippen LogP contribution in [0, 0.1) is 0 Å². The number of aromatic hydroxyl groups is 3. The van der Waals surface area contributed by atoms with Crippen LogP contribution in [0.25, 0.3) is 0 Å². The number of ether oxygens (including phenoxy) is 2. The number of benzene rings is 2. The van der Waals surface area contributed by atoms with Crippen LogP contribution >= 0.6 is 0 Å². The van der Waals surface area contributed by atoms with Crippen molar-refractivity contribution >= 4 is 5.78 Å². The lowest BCUT2D eigenvalue weighted by Gasteiger charge is -2.28. The van der Waals surface area contributed by atoms with Crippen LogP contribution in [0.4, 0.5) is 0 Å². The average Bonchev–Trinajstić information content (AvgIpc) is 2.60. The maximum atomic E-state index is 12.7. The SMILES string of the molecule is COc1cc(C2CC(=O)c3c(O)cc(O)c(CC=C(C)C)c3O2)ccc1O. The van der Waals surface area contributed by atoms with E-state index in [1.54, 1.807) is 12.1 Å². The molecule has 1 unspecified atom stereocenters. The molecule has 1 aliphatic heterocycles. The highest BCUT2D eigenvalue weighted by molar-refractivity contribution is 6.03. The second kappa shape index (κ2) is 7.23. The summed E-state index contributed by atoms with van der Waals surface area (Å²) in [5.74, 6) is -0.237. The van der Waals surface area contributed by atoms with Gasteiger partial charge < -0.3 is 24.8 Å². The summed E-state index contributed by atoms with van der Waals surface area (Å²) >= 11 is 0. The zero-order valence-corrected chi connectivity index (χ0v) is 15.4. The van der Waals surface area contributed by atoms with Crippen molar-refractivity contribution in [1.82, 2.24) is 0 Å². The van der Waals surface area contributed by atoms with Crippen LogP contribution in [0.3, 0.4) is 0 Å². The minimum Gasteiger partial charge on any atom is -0.507 e. The number of methoxy groups -OCH3 is 1. The second-order valence-electron chi connectivity index (χ2n) is 6.75. The molecule has 0 spiro atoms. The smallest absolute Gasteiger partial charge is 0.174 e. The van der Waals surface area contributed by atoms with Gasteiger partial charge in [-0.05, 0) is 38.0 Å². The van der Waals surface area contributed by atoms with Crippen molar-refractivity contribution in [2.75, 3.05) is 7.11 Å². The molecule has 1 aliphatic rings. The Hall–Kier alpha value is -3.15. The molecule has 0 saturated carbocycles. The van der Waals surface area contributed by atoms with Crippen molar-refractivity contribution in [3.63, 3.8) is 0 Å². The number of rotatable bonds is 4. The molecule has 0 aromatic heterocycles. The molecule has 1 atom stereocenters. The lowest BCUT2D eigenvalue weighted by atomic mass is 9.92. The first-order valence-electron chi connectivity index (χ1n) is 8.59. The third kappa shape index (κ3) is 3.56. The van der Waals surface area contributed by atoms with Gasteiger partial charge in [0.2, 0.25) is 0 Å². The van der Waals surface area contributed by atoms with Crippen LogP contribution in [-0.2, 0) is 6.42 Å². The summed E-state index contributed by atoms with van der Waals surface area (Å²) in [6.45, 7) is 3.86. The number of carbonyl (C=O) groups is 1. The van der Waals surface area contributed by atoms with Crippen LogP contribution in [0.2, 0.25) is 0 Å². The summed E-state index contributed by atoms with van der Waals surface area (Å²) in [7, 11) is 1.44. The van der Waals surface area contributed by atoms with Gasteiger partial charge in [0.25, 0.3) is 0 Å². The van der Waals surface area contributed by atoms with Gasteiger partial charge in [0.1, 0.15) is 28.9 Å². The van der Waals surface area contributed by atoms with Crippen LogP contribution in [0.15, 0.2) is 35.9 Å². The molecule has 3 rings (SSSR count). The summed E-state index contributed by atoms with van der Waals surface area (Å²) in [5.41, 5.74) is 2.25.